The van der Waals surface area contributed by atoms with E-state index in [2.05, 4.69) is 33.0 Å². The topological polar surface area (TPSA) is 55.4 Å². The second-order valence-electron chi connectivity index (χ2n) is 11.0. The summed E-state index contributed by atoms with van der Waals surface area (Å²) in [5, 5.41) is 3.37. The van der Waals surface area contributed by atoms with Crippen LogP contribution in [0.5, 0.6) is 0 Å². The summed E-state index contributed by atoms with van der Waals surface area (Å²) < 4.78 is 5.78. The molecule has 4 fully saturated rings. The molecule has 4 rings (SSSR count). The van der Waals surface area contributed by atoms with Crippen molar-refractivity contribution in [2.75, 3.05) is 0 Å². The first-order valence-corrected chi connectivity index (χ1v) is 9.82. The Balaban J connectivity index is 1.64. The fourth-order valence-electron chi connectivity index (χ4n) is 6.73. The van der Waals surface area contributed by atoms with Crippen molar-refractivity contribution in [3.63, 3.8) is 0 Å². The highest BCUT2D eigenvalue weighted by Crippen LogP contribution is 2.72. The van der Waals surface area contributed by atoms with Gasteiger partial charge in [-0.1, -0.05) is 41.5 Å². The van der Waals surface area contributed by atoms with Crippen LogP contribution in [0.4, 0.5) is 0 Å². The van der Waals surface area contributed by atoms with Gasteiger partial charge >= 0.3 is 5.97 Å². The quantitative estimate of drug-likeness (QED) is 0.772. The summed E-state index contributed by atoms with van der Waals surface area (Å²) >= 11 is 0. The molecule has 25 heavy (non-hydrogen) atoms. The lowest BCUT2D eigenvalue weighted by Crippen LogP contribution is -2.58. The minimum Gasteiger partial charge on any atom is -0.448 e. The Morgan fingerprint density at radius 3 is 2.00 bits per heavy atom. The van der Waals surface area contributed by atoms with Crippen molar-refractivity contribution in [3.8, 4) is 0 Å². The molecule has 0 spiro atoms. The average Bonchev–Trinajstić information content (AvgIpc) is 2.94. The Morgan fingerprint density at radius 1 is 0.960 bits per heavy atom. The normalized spacial score (nSPS) is 51.6. The first kappa shape index (κ1) is 17.4. The first-order valence-electron chi connectivity index (χ1n) is 9.82. The van der Waals surface area contributed by atoms with E-state index in [9.17, 15) is 9.59 Å². The lowest BCUT2D eigenvalue weighted by atomic mass is 9.65. The van der Waals surface area contributed by atoms with E-state index in [4.69, 9.17) is 4.74 Å². The number of rotatable bonds is 2. The number of fused-ring (bicyclic) bond motifs is 4. The molecule has 4 nitrogen and oxygen atoms in total. The summed E-state index contributed by atoms with van der Waals surface area (Å²) in [5.74, 6) is -0.268. The predicted octanol–water partition coefficient (Wildman–Crippen LogP) is 3.83. The highest BCUT2D eigenvalue weighted by Gasteiger charge is 2.76. The van der Waals surface area contributed by atoms with E-state index in [1.807, 2.05) is 20.8 Å². The van der Waals surface area contributed by atoms with E-state index >= 15 is 0 Å². The summed E-state index contributed by atoms with van der Waals surface area (Å²) in [6, 6.07) is 0.157. The third kappa shape index (κ3) is 1.54. The zero-order valence-corrected chi connectivity index (χ0v) is 16.8. The van der Waals surface area contributed by atoms with E-state index in [1.54, 1.807) is 0 Å². The molecule has 0 aromatic heterocycles. The predicted molar refractivity (Wildman–Crippen MR) is 95.7 cm³/mol. The van der Waals surface area contributed by atoms with Crippen LogP contribution >= 0.6 is 0 Å². The van der Waals surface area contributed by atoms with Crippen molar-refractivity contribution < 1.29 is 14.3 Å². The molecular formula is C21H33NO3. The van der Waals surface area contributed by atoms with Crippen molar-refractivity contribution in [2.45, 2.75) is 92.2 Å². The van der Waals surface area contributed by atoms with Crippen molar-refractivity contribution in [3.05, 3.63) is 0 Å². The molecular weight excluding hydrogens is 314 g/mol. The number of carbonyl (C=O) groups excluding carboxylic acids is 2. The van der Waals surface area contributed by atoms with Crippen LogP contribution in [-0.4, -0.2) is 23.5 Å². The van der Waals surface area contributed by atoms with Crippen molar-refractivity contribution in [1.82, 2.24) is 5.32 Å². The molecule has 140 valence electrons. The number of esters is 1. The van der Waals surface area contributed by atoms with Gasteiger partial charge in [-0.15, -0.1) is 0 Å². The van der Waals surface area contributed by atoms with E-state index in [0.29, 0.717) is 6.42 Å². The molecule has 5 atom stereocenters. The third-order valence-corrected chi connectivity index (χ3v) is 10.3. The van der Waals surface area contributed by atoms with Gasteiger partial charge in [0.2, 0.25) is 0 Å². The lowest BCUT2D eigenvalue weighted by molar-refractivity contribution is -0.169. The van der Waals surface area contributed by atoms with Gasteiger partial charge < -0.3 is 10.1 Å². The Morgan fingerprint density at radius 2 is 1.60 bits per heavy atom. The van der Waals surface area contributed by atoms with Gasteiger partial charge in [-0.2, -0.15) is 0 Å². The number of hydrogen-bond donors (Lipinski definition) is 1. The van der Waals surface area contributed by atoms with Gasteiger partial charge in [-0.05, 0) is 55.3 Å². The molecule has 0 aromatic carbocycles. The maximum atomic E-state index is 13.4. The monoisotopic (exact) mass is 347 g/mol. The van der Waals surface area contributed by atoms with Gasteiger partial charge in [-0.25, -0.2) is 0 Å². The summed E-state index contributed by atoms with van der Waals surface area (Å²) in [6.45, 7) is 15.4. The Kier molecular flexibility index (Phi) is 2.95. The SMILES string of the molecule is CC1(C)[C@]2(C)CC[C@@]1(C)[C@H](NC(=O)[C@@]13CC[C@](C)(C(=O)O1)C3(C)C)C2. The minimum atomic E-state index is -0.998. The van der Waals surface area contributed by atoms with Gasteiger partial charge in [-0.3, -0.25) is 9.59 Å². The maximum absolute atomic E-state index is 13.4. The average molecular weight is 347 g/mol. The van der Waals surface area contributed by atoms with Crippen molar-refractivity contribution in [2.24, 2.45) is 27.1 Å². The van der Waals surface area contributed by atoms with E-state index in [0.717, 1.165) is 19.3 Å². The first-order chi connectivity index (χ1) is 11.3. The van der Waals surface area contributed by atoms with Crippen LogP contribution in [0.2, 0.25) is 0 Å². The Labute approximate surface area is 151 Å². The molecule has 4 bridgehead atoms. The van der Waals surface area contributed by atoms with Crippen LogP contribution < -0.4 is 5.32 Å². The fourth-order valence-corrected chi connectivity index (χ4v) is 6.73. The maximum Gasteiger partial charge on any atom is 0.313 e. The summed E-state index contributed by atoms with van der Waals surface area (Å²) in [6.07, 6.45) is 4.77. The third-order valence-electron chi connectivity index (χ3n) is 10.3. The molecule has 4 heteroatoms. The van der Waals surface area contributed by atoms with Gasteiger partial charge in [0.15, 0.2) is 5.60 Å². The summed E-state index contributed by atoms with van der Waals surface area (Å²) in [7, 11) is 0. The smallest absolute Gasteiger partial charge is 0.313 e. The van der Waals surface area contributed by atoms with Gasteiger partial charge in [0.25, 0.3) is 5.91 Å². The fraction of sp³-hybridized carbons (Fsp3) is 0.905. The number of hydrogen-bond acceptors (Lipinski definition) is 3. The summed E-state index contributed by atoms with van der Waals surface area (Å²) in [5.41, 5.74) is -1.46. The van der Waals surface area contributed by atoms with E-state index in [1.165, 1.54) is 6.42 Å². The highest BCUT2D eigenvalue weighted by atomic mass is 16.6. The molecule has 0 aromatic rings. The molecule has 1 amide bonds. The second kappa shape index (κ2) is 4.26. The molecule has 4 aliphatic rings. The summed E-state index contributed by atoms with van der Waals surface area (Å²) in [4.78, 5) is 25.9. The van der Waals surface area contributed by atoms with Crippen LogP contribution in [0, 0.1) is 27.1 Å². The standard InChI is InChI=1S/C21H33NO3/c1-16(2)18(5)8-9-19(16,6)13(12-18)22-14(23)21-11-10-20(7,15(24)25-21)17(21,3)4/h13H,8-12H2,1-7H3,(H,22,23)/t13-,18-,19+,20-,21-/m1/s1. The molecule has 0 unspecified atom stereocenters. The second-order valence-corrected chi connectivity index (χ2v) is 11.0. The van der Waals surface area contributed by atoms with Crippen LogP contribution in [0.25, 0.3) is 0 Å². The molecule has 1 heterocycles. The lowest BCUT2D eigenvalue weighted by Gasteiger charge is -2.42. The Hall–Kier alpha value is -1.06. The van der Waals surface area contributed by atoms with E-state index < -0.39 is 16.4 Å². The zero-order chi connectivity index (χ0) is 18.7. The molecule has 1 saturated heterocycles. The van der Waals surface area contributed by atoms with Crippen LogP contribution in [-0.2, 0) is 14.3 Å². The zero-order valence-electron chi connectivity index (χ0n) is 16.8. The van der Waals surface area contributed by atoms with Gasteiger partial charge in [0, 0.05) is 11.5 Å². The number of nitrogens with one attached hydrogen (secondary N) is 1. The Bertz CT molecular complexity index is 683. The van der Waals surface area contributed by atoms with Crippen LogP contribution in [0.15, 0.2) is 0 Å². The van der Waals surface area contributed by atoms with Crippen LogP contribution in [0.1, 0.15) is 80.6 Å². The number of carbonyl (C=O) groups is 2. The van der Waals surface area contributed by atoms with E-state index in [-0.39, 0.29) is 34.2 Å². The van der Waals surface area contributed by atoms with Gasteiger partial charge in [0.05, 0.1) is 5.41 Å². The largest absolute Gasteiger partial charge is 0.448 e. The van der Waals surface area contributed by atoms with Gasteiger partial charge in [0.1, 0.15) is 0 Å². The molecule has 1 aliphatic heterocycles. The van der Waals surface area contributed by atoms with Crippen molar-refractivity contribution >= 4 is 11.9 Å². The van der Waals surface area contributed by atoms with Crippen molar-refractivity contribution in [1.29, 1.82) is 0 Å². The molecule has 0 radical (unpaired) electrons. The number of ether oxygens (including phenoxy) is 1. The van der Waals surface area contributed by atoms with Crippen LogP contribution in [0.3, 0.4) is 0 Å². The highest BCUT2D eigenvalue weighted by molar-refractivity contribution is 5.96. The number of amides is 1. The molecule has 1 N–H and O–H groups in total. The molecule has 3 aliphatic carbocycles. The minimum absolute atomic E-state index is 0.0646. The molecule has 3 saturated carbocycles.